The van der Waals surface area contributed by atoms with Crippen molar-refractivity contribution in [3.63, 3.8) is 0 Å². The van der Waals surface area contributed by atoms with E-state index in [1.54, 1.807) is 4.98 Å². The lowest BCUT2D eigenvalue weighted by atomic mass is 10.1. The van der Waals surface area contributed by atoms with E-state index >= 15 is 0 Å². The zero-order chi connectivity index (χ0) is 24.4. The highest BCUT2D eigenvalue weighted by Gasteiger charge is 2.45. The average Bonchev–Trinajstić information content (AvgIpc) is 2.92. The molecule has 0 radical (unpaired) electrons. The molecule has 18 nitrogen and oxygen atoms in total. The molecule has 0 aromatic carbocycles. The van der Waals surface area contributed by atoms with Gasteiger partial charge in [0.25, 0.3) is 13.4 Å². The van der Waals surface area contributed by atoms with Crippen LogP contribution in [0.5, 0.6) is 0 Å². The first-order chi connectivity index (χ1) is 14.7. The predicted octanol–water partition coefficient (Wildman–Crippen LogP) is -4.05. The Hall–Kier alpha value is -1.65. The number of aromatic amines is 1. The highest BCUT2D eigenvalue weighted by Crippen LogP contribution is 2.58. The number of H-pyrrole nitrogens is 1. The van der Waals surface area contributed by atoms with Crippen LogP contribution in [0.4, 0.5) is 0 Å². The number of aliphatic hydroxyl groups excluding tert-OH is 2. The molecule has 1 aliphatic heterocycles. The Balaban J connectivity index is 2.17. The number of carbonyl (C=O) groups excluding carboxylic acids is 1. The first kappa shape index (κ1) is 26.6. The minimum atomic E-state index is -5.87. The van der Waals surface area contributed by atoms with Gasteiger partial charge in [-0.3, -0.25) is 23.5 Å². The lowest BCUT2D eigenvalue weighted by molar-refractivity contribution is -0.244. The fourth-order valence-electron chi connectivity index (χ4n) is 2.43. The molecule has 0 aliphatic carbocycles. The van der Waals surface area contributed by atoms with Crippen molar-refractivity contribution in [3.8, 4) is 0 Å². The normalized spacial score (nSPS) is 27.4. The van der Waals surface area contributed by atoms with Gasteiger partial charge in [0.15, 0.2) is 6.23 Å². The fourth-order valence-corrected chi connectivity index (χ4v) is 4.97. The van der Waals surface area contributed by atoms with Gasteiger partial charge in [-0.05, 0) is 4.57 Å². The van der Waals surface area contributed by atoms with E-state index < -0.39 is 77.8 Å². The van der Waals surface area contributed by atoms with Gasteiger partial charge >= 0.3 is 27.7 Å². The van der Waals surface area contributed by atoms with Crippen molar-refractivity contribution in [1.29, 1.82) is 0 Å². The molecule has 0 amide bonds. The van der Waals surface area contributed by atoms with E-state index in [0.29, 0.717) is 10.8 Å². The topological polar surface area (TPSA) is 279 Å². The Morgan fingerprint density at radius 1 is 1.28 bits per heavy atom. The number of aliphatic hydroxyl groups is 2. The molecule has 180 valence electrons. The largest absolute Gasteiger partial charge is 0.756 e. The van der Waals surface area contributed by atoms with Gasteiger partial charge in [-0.25, -0.2) is 13.9 Å². The molecule has 1 aromatic rings. The number of nitrogens with zero attached hydrogens (tertiary/aromatic N) is 1. The van der Waals surface area contributed by atoms with Crippen molar-refractivity contribution in [2.75, 3.05) is 13.7 Å². The molecular formula is C11H13N2O16P3-2. The summed E-state index contributed by atoms with van der Waals surface area (Å²) in [6.45, 7) is -1.18. The van der Waals surface area contributed by atoms with E-state index in [1.807, 2.05) is 0 Å². The third-order valence-electron chi connectivity index (χ3n) is 3.75. The van der Waals surface area contributed by atoms with Crippen LogP contribution in [0.3, 0.4) is 0 Å². The zero-order valence-corrected chi connectivity index (χ0v) is 18.2. The van der Waals surface area contributed by atoms with Crippen molar-refractivity contribution >= 4 is 29.9 Å². The highest BCUT2D eigenvalue weighted by molar-refractivity contribution is 7.63. The number of phosphoric acid groups is 2. The number of carbonyl (C=O) groups is 1. The summed E-state index contributed by atoms with van der Waals surface area (Å²) in [5.41, 5.74) is -2.98. The van der Waals surface area contributed by atoms with E-state index in [4.69, 9.17) is 4.74 Å². The molecule has 7 unspecified atom stereocenters. The van der Waals surface area contributed by atoms with Crippen LogP contribution in [0, 0.1) is 0 Å². The summed E-state index contributed by atoms with van der Waals surface area (Å²) in [7, 11) is -14.7. The lowest BCUT2D eigenvalue weighted by Crippen LogP contribution is -2.39. The number of ether oxygens (including phenoxy) is 2. The summed E-state index contributed by atoms with van der Waals surface area (Å²) in [5.74, 6) is -1.15. The van der Waals surface area contributed by atoms with Crippen molar-refractivity contribution in [2.45, 2.75) is 24.5 Å². The summed E-state index contributed by atoms with van der Waals surface area (Å²) in [6.07, 6.45) is -6.68. The Kier molecular flexibility index (Phi) is 8.39. The Bertz CT molecular complexity index is 1100. The molecule has 1 aromatic heterocycles. The highest BCUT2D eigenvalue weighted by atomic mass is 31.3. The Morgan fingerprint density at radius 3 is 2.47 bits per heavy atom. The van der Waals surface area contributed by atoms with Gasteiger partial charge in [0.05, 0.1) is 13.7 Å². The minimum Gasteiger partial charge on any atom is -0.756 e. The number of nitrogens with one attached hydrogen (secondary N) is 1. The molecule has 3 N–H and O–H groups in total. The van der Waals surface area contributed by atoms with Crippen LogP contribution < -0.4 is 25.9 Å². The number of phosphoric ester groups is 1. The molecule has 0 spiro atoms. The SMILES string of the molecule is COC(=O)c1cn(C2OC(COP(=O)([O-])OP(=O)([O-])O[P+](=O)[O-])C(O)C2O)c(=O)[nH]c1=O. The molecule has 2 heterocycles. The van der Waals surface area contributed by atoms with E-state index in [1.165, 1.54) is 0 Å². The summed E-state index contributed by atoms with van der Waals surface area (Å²) < 4.78 is 53.8. The molecule has 21 heteroatoms. The van der Waals surface area contributed by atoms with Crippen LogP contribution >= 0.6 is 23.9 Å². The first-order valence-corrected chi connectivity index (χ1v) is 12.0. The average molecular weight is 522 g/mol. The monoisotopic (exact) mass is 522 g/mol. The van der Waals surface area contributed by atoms with Crippen LogP contribution in [0.25, 0.3) is 0 Å². The van der Waals surface area contributed by atoms with Gasteiger partial charge in [-0.2, -0.15) is 0 Å². The van der Waals surface area contributed by atoms with Crippen molar-refractivity contribution in [3.05, 3.63) is 32.6 Å². The molecule has 32 heavy (non-hydrogen) atoms. The van der Waals surface area contributed by atoms with Gasteiger partial charge in [0.2, 0.25) is 0 Å². The van der Waals surface area contributed by atoms with Gasteiger partial charge in [-0.1, -0.05) is 4.31 Å². The Morgan fingerprint density at radius 2 is 1.91 bits per heavy atom. The van der Waals surface area contributed by atoms with Crippen LogP contribution in [0.1, 0.15) is 16.6 Å². The lowest BCUT2D eigenvalue weighted by Gasteiger charge is -2.28. The van der Waals surface area contributed by atoms with Crippen LogP contribution in [-0.2, 0) is 36.3 Å². The number of hydrogen-bond donors (Lipinski definition) is 3. The second-order valence-corrected chi connectivity index (χ2v) is 9.62. The molecule has 1 fully saturated rings. The Labute approximate surface area is 177 Å². The molecular weight excluding hydrogens is 509 g/mol. The summed E-state index contributed by atoms with van der Waals surface area (Å²) >= 11 is 0. The van der Waals surface area contributed by atoms with Gasteiger partial charge in [-0.15, -0.1) is 0 Å². The number of rotatable bonds is 9. The zero-order valence-electron chi connectivity index (χ0n) is 15.5. The molecule has 1 aliphatic rings. The number of methoxy groups -OCH3 is 1. The second-order valence-electron chi connectivity index (χ2n) is 5.82. The molecule has 0 saturated carbocycles. The van der Waals surface area contributed by atoms with Gasteiger partial charge < -0.3 is 38.9 Å². The van der Waals surface area contributed by atoms with E-state index in [-0.39, 0.29) is 0 Å². The maximum absolute atomic E-state index is 12.0. The standard InChI is InChI=1S/C11H15N2O16P3/c1-25-10(17)4-2-13(11(18)12-8(4)16)9-7(15)6(14)5(27-9)3-26-31(21,22)29-32(23,24)28-30(19)20/h2,5-7,9,14-15H,3H2,1H3,(H,21,22)(H,23,24)(H,12,16,18)/p-2. The van der Waals surface area contributed by atoms with Crippen LogP contribution in [0.2, 0.25) is 0 Å². The molecule has 1 saturated heterocycles. The van der Waals surface area contributed by atoms with E-state index in [2.05, 4.69) is 17.9 Å². The van der Waals surface area contributed by atoms with E-state index in [0.717, 1.165) is 7.11 Å². The van der Waals surface area contributed by atoms with Crippen LogP contribution in [-0.4, -0.2) is 57.8 Å². The quantitative estimate of drug-likeness (QED) is 0.205. The van der Waals surface area contributed by atoms with Crippen molar-refractivity contribution < 1.29 is 66.0 Å². The smallest absolute Gasteiger partial charge is 0.496 e. The maximum atomic E-state index is 12.0. The third kappa shape index (κ3) is 6.45. The summed E-state index contributed by atoms with van der Waals surface area (Å²) in [5, 5.41) is 20.1. The summed E-state index contributed by atoms with van der Waals surface area (Å²) in [4.78, 5) is 70.0. The maximum Gasteiger partial charge on any atom is 0.496 e. The van der Waals surface area contributed by atoms with Crippen molar-refractivity contribution in [1.82, 2.24) is 9.55 Å². The summed E-state index contributed by atoms with van der Waals surface area (Å²) in [6, 6.07) is 0. The first-order valence-electron chi connectivity index (χ1n) is 7.95. The molecule has 7 atom stereocenters. The van der Waals surface area contributed by atoms with E-state index in [9.17, 15) is 53.0 Å². The van der Waals surface area contributed by atoms with Crippen LogP contribution in [0.15, 0.2) is 15.8 Å². The predicted molar refractivity (Wildman–Crippen MR) is 89.5 cm³/mol. The minimum absolute atomic E-state index is 0.499. The van der Waals surface area contributed by atoms with Gasteiger partial charge in [0, 0.05) is 6.20 Å². The number of esters is 1. The third-order valence-corrected chi connectivity index (χ3v) is 7.15. The molecule has 2 rings (SSSR count). The number of aromatic nitrogens is 2. The second kappa shape index (κ2) is 10.1. The molecule has 0 bridgehead atoms. The fraction of sp³-hybridized carbons (Fsp3) is 0.545. The number of hydrogen-bond acceptors (Lipinski definition) is 16. The van der Waals surface area contributed by atoms with Crippen molar-refractivity contribution in [2.24, 2.45) is 0 Å². The van der Waals surface area contributed by atoms with Gasteiger partial charge in [0.1, 0.15) is 23.9 Å².